The van der Waals surface area contributed by atoms with Crippen molar-refractivity contribution in [1.29, 1.82) is 0 Å². The maximum Gasteiger partial charge on any atom is 0.323 e. The monoisotopic (exact) mass is 332 g/mol. The molecule has 2 amide bonds. The number of carbonyl (C=O) groups is 3. The molecule has 0 atom stereocenters. The molecule has 6 heteroatoms. The predicted octanol–water partition coefficient (Wildman–Crippen LogP) is 2.04. The first kappa shape index (κ1) is 18.0. The molecule has 2 rings (SSSR count). The minimum absolute atomic E-state index is 0.107. The van der Waals surface area contributed by atoms with Gasteiger partial charge in [0.1, 0.15) is 6.54 Å². The van der Waals surface area contributed by atoms with E-state index in [1.807, 2.05) is 0 Å². The molecule has 0 aliphatic heterocycles. The highest BCUT2D eigenvalue weighted by molar-refractivity contribution is 5.95. The fraction of sp³-hybridized carbons (Fsp3) is 0.500. The Bertz CT molecular complexity index is 592. The fourth-order valence-corrected chi connectivity index (χ4v) is 2.96. The molecular weight excluding hydrogens is 308 g/mol. The number of hydrogen-bond acceptors (Lipinski definition) is 3. The maximum absolute atomic E-state index is 12.1. The first-order chi connectivity index (χ1) is 11.5. The number of amides is 2. The van der Waals surface area contributed by atoms with Crippen LogP contribution in [0.5, 0.6) is 0 Å². The largest absolute Gasteiger partial charge is 0.480 e. The Labute approximate surface area is 141 Å². The van der Waals surface area contributed by atoms with Gasteiger partial charge < -0.3 is 15.3 Å². The van der Waals surface area contributed by atoms with Gasteiger partial charge in [-0.3, -0.25) is 14.4 Å². The van der Waals surface area contributed by atoms with Gasteiger partial charge in [0.05, 0.1) is 0 Å². The topological polar surface area (TPSA) is 86.7 Å². The number of benzene rings is 1. The summed E-state index contributed by atoms with van der Waals surface area (Å²) in [5.74, 6) is -1.15. The van der Waals surface area contributed by atoms with E-state index in [0.29, 0.717) is 12.1 Å². The standard InChI is InChI=1S/C18H24N2O4/c1-20(12-16(21)22)18(24)15-9-7-13(8-10-15)11-19-17(23)14-5-3-2-4-6-14/h7-10,14H,2-6,11-12H2,1H3,(H,19,23)(H,21,22). The number of nitrogens with one attached hydrogen (secondary N) is 1. The molecule has 0 aromatic heterocycles. The molecular formula is C18H24N2O4. The van der Waals surface area contributed by atoms with Gasteiger partial charge in [0.2, 0.25) is 5.91 Å². The summed E-state index contributed by atoms with van der Waals surface area (Å²) in [7, 11) is 1.45. The van der Waals surface area contributed by atoms with Crippen LogP contribution in [-0.4, -0.2) is 41.4 Å². The number of nitrogens with zero attached hydrogens (tertiary/aromatic N) is 1. The molecule has 2 N–H and O–H groups in total. The molecule has 1 aromatic carbocycles. The molecule has 0 radical (unpaired) electrons. The van der Waals surface area contributed by atoms with E-state index >= 15 is 0 Å². The third kappa shape index (κ3) is 5.08. The summed E-state index contributed by atoms with van der Waals surface area (Å²) in [6.07, 6.45) is 5.40. The number of hydrogen-bond donors (Lipinski definition) is 2. The highest BCUT2D eigenvalue weighted by atomic mass is 16.4. The third-order valence-corrected chi connectivity index (χ3v) is 4.36. The second-order valence-electron chi connectivity index (χ2n) is 6.30. The van der Waals surface area contributed by atoms with Gasteiger partial charge in [-0.15, -0.1) is 0 Å². The van der Waals surface area contributed by atoms with Crippen molar-refractivity contribution in [2.75, 3.05) is 13.6 Å². The van der Waals surface area contributed by atoms with Crippen LogP contribution in [0.15, 0.2) is 24.3 Å². The minimum Gasteiger partial charge on any atom is -0.480 e. The van der Waals surface area contributed by atoms with Crippen LogP contribution in [0.1, 0.15) is 48.0 Å². The van der Waals surface area contributed by atoms with E-state index in [2.05, 4.69) is 5.32 Å². The van der Waals surface area contributed by atoms with Crippen LogP contribution in [0.2, 0.25) is 0 Å². The van der Waals surface area contributed by atoms with Gasteiger partial charge in [-0.25, -0.2) is 0 Å². The average molecular weight is 332 g/mol. The van der Waals surface area contributed by atoms with Gasteiger partial charge in [0.15, 0.2) is 0 Å². The number of carbonyl (C=O) groups excluding carboxylic acids is 2. The average Bonchev–Trinajstić information content (AvgIpc) is 2.59. The summed E-state index contributed by atoms with van der Waals surface area (Å²) in [6.45, 7) is 0.104. The van der Waals surface area contributed by atoms with Crippen LogP contribution in [0.3, 0.4) is 0 Å². The highest BCUT2D eigenvalue weighted by Gasteiger charge is 2.20. The van der Waals surface area contributed by atoms with Crippen molar-refractivity contribution in [3.05, 3.63) is 35.4 Å². The molecule has 0 saturated heterocycles. The lowest BCUT2D eigenvalue weighted by atomic mass is 9.88. The summed E-state index contributed by atoms with van der Waals surface area (Å²) < 4.78 is 0. The summed E-state index contributed by atoms with van der Waals surface area (Å²) >= 11 is 0. The molecule has 130 valence electrons. The first-order valence-corrected chi connectivity index (χ1v) is 8.31. The van der Waals surface area contributed by atoms with Crippen molar-refractivity contribution in [3.8, 4) is 0 Å². The van der Waals surface area contributed by atoms with Crippen LogP contribution >= 0.6 is 0 Å². The summed E-state index contributed by atoms with van der Waals surface area (Å²) in [5, 5.41) is 11.7. The zero-order valence-corrected chi connectivity index (χ0v) is 14.0. The lowest BCUT2D eigenvalue weighted by Crippen LogP contribution is -2.32. The minimum atomic E-state index is -1.05. The number of aliphatic carboxylic acids is 1. The van der Waals surface area contributed by atoms with Crippen molar-refractivity contribution >= 4 is 17.8 Å². The molecule has 24 heavy (non-hydrogen) atoms. The number of carboxylic acids is 1. The van der Waals surface area contributed by atoms with Gasteiger partial charge in [-0.1, -0.05) is 31.4 Å². The molecule has 0 unspecified atom stereocenters. The Hall–Kier alpha value is -2.37. The molecule has 1 aliphatic rings. The Morgan fingerprint density at radius 1 is 1.12 bits per heavy atom. The fourth-order valence-electron chi connectivity index (χ4n) is 2.96. The Morgan fingerprint density at radius 3 is 2.33 bits per heavy atom. The molecule has 0 heterocycles. The Kier molecular flexibility index (Phi) is 6.35. The molecule has 0 spiro atoms. The smallest absolute Gasteiger partial charge is 0.323 e. The molecule has 1 fully saturated rings. The number of likely N-dealkylation sites (N-methyl/N-ethyl adjacent to an activating group) is 1. The van der Waals surface area contributed by atoms with Gasteiger partial charge >= 0.3 is 5.97 Å². The normalized spacial score (nSPS) is 14.9. The van der Waals surface area contributed by atoms with E-state index in [9.17, 15) is 14.4 Å². The molecule has 0 bridgehead atoms. The third-order valence-electron chi connectivity index (χ3n) is 4.36. The number of rotatable bonds is 6. The summed E-state index contributed by atoms with van der Waals surface area (Å²) in [6, 6.07) is 6.87. The van der Waals surface area contributed by atoms with E-state index in [4.69, 9.17) is 5.11 Å². The van der Waals surface area contributed by atoms with Crippen LogP contribution in [0.25, 0.3) is 0 Å². The summed E-state index contributed by atoms with van der Waals surface area (Å²) in [4.78, 5) is 36.0. The van der Waals surface area contributed by atoms with Crippen molar-refractivity contribution in [2.45, 2.75) is 38.6 Å². The van der Waals surface area contributed by atoms with Crippen LogP contribution in [0.4, 0.5) is 0 Å². The Balaban J connectivity index is 1.86. The molecule has 6 nitrogen and oxygen atoms in total. The van der Waals surface area contributed by atoms with E-state index in [-0.39, 0.29) is 24.3 Å². The van der Waals surface area contributed by atoms with Crippen molar-refractivity contribution in [1.82, 2.24) is 10.2 Å². The van der Waals surface area contributed by atoms with Gasteiger partial charge in [0, 0.05) is 25.1 Å². The van der Waals surface area contributed by atoms with Gasteiger partial charge in [0.25, 0.3) is 5.91 Å². The number of carboxylic acid groups (broad SMARTS) is 1. The SMILES string of the molecule is CN(CC(=O)O)C(=O)c1ccc(CNC(=O)C2CCCCC2)cc1. The van der Waals surface area contributed by atoms with Gasteiger partial charge in [-0.2, -0.15) is 0 Å². The first-order valence-electron chi connectivity index (χ1n) is 8.31. The second-order valence-corrected chi connectivity index (χ2v) is 6.30. The quantitative estimate of drug-likeness (QED) is 0.834. The maximum atomic E-state index is 12.1. The van der Waals surface area contributed by atoms with Crippen molar-refractivity contribution in [3.63, 3.8) is 0 Å². The highest BCUT2D eigenvalue weighted by Crippen LogP contribution is 2.23. The van der Waals surface area contributed by atoms with E-state index in [1.54, 1.807) is 24.3 Å². The van der Waals surface area contributed by atoms with Crippen LogP contribution in [-0.2, 0) is 16.1 Å². The Morgan fingerprint density at radius 2 is 1.75 bits per heavy atom. The molecule has 1 aliphatic carbocycles. The van der Waals surface area contributed by atoms with E-state index in [1.165, 1.54) is 13.5 Å². The zero-order valence-electron chi connectivity index (χ0n) is 14.0. The summed E-state index contributed by atoms with van der Waals surface area (Å²) in [5.41, 5.74) is 1.35. The van der Waals surface area contributed by atoms with Crippen molar-refractivity contribution < 1.29 is 19.5 Å². The van der Waals surface area contributed by atoms with E-state index in [0.717, 1.165) is 36.1 Å². The predicted molar refractivity (Wildman–Crippen MR) is 89.5 cm³/mol. The lowest BCUT2D eigenvalue weighted by molar-refractivity contribution is -0.137. The van der Waals surface area contributed by atoms with Crippen LogP contribution in [0, 0.1) is 5.92 Å². The van der Waals surface area contributed by atoms with Gasteiger partial charge in [-0.05, 0) is 30.5 Å². The van der Waals surface area contributed by atoms with E-state index < -0.39 is 5.97 Å². The van der Waals surface area contributed by atoms with Crippen LogP contribution < -0.4 is 5.32 Å². The molecule has 1 saturated carbocycles. The van der Waals surface area contributed by atoms with Crippen molar-refractivity contribution in [2.24, 2.45) is 5.92 Å². The molecule has 1 aromatic rings. The zero-order chi connectivity index (χ0) is 17.5. The second kappa shape index (κ2) is 8.47. The lowest BCUT2D eigenvalue weighted by Gasteiger charge is -2.20.